The largest absolute Gasteiger partial charge is 0.224 e. The second-order valence-electron chi connectivity index (χ2n) is 0.923. The van der Waals surface area contributed by atoms with E-state index in [0.29, 0.717) is 3.92 Å². The molecule has 0 aromatic carbocycles. The molecule has 0 unspecified atom stereocenters. The van der Waals surface area contributed by atoms with Crippen LogP contribution < -0.4 is 0 Å². The molecule has 1 heterocycles. The van der Waals surface area contributed by atoms with Crippen molar-refractivity contribution < 1.29 is 4.39 Å². The fourth-order valence-electron chi connectivity index (χ4n) is 0.234. The van der Waals surface area contributed by atoms with E-state index in [1.807, 2.05) is 0 Å². The minimum Gasteiger partial charge on any atom is -0.201 e. The van der Waals surface area contributed by atoms with Gasteiger partial charge in [-0.2, -0.15) is 4.39 Å². The summed E-state index contributed by atoms with van der Waals surface area (Å²) in [5.74, 6) is -0.420. The molecule has 1 aromatic heterocycles. The van der Waals surface area contributed by atoms with Crippen LogP contribution in [0.3, 0.4) is 0 Å². The Hall–Kier alpha value is 0.0400. The van der Waals surface area contributed by atoms with Crippen LogP contribution in [0.5, 0.6) is 0 Å². The maximum Gasteiger partial charge on any atom is 0.224 e. The van der Waals surface area contributed by atoms with Crippen LogP contribution in [0.25, 0.3) is 0 Å². The topological polar surface area (TPSA) is 12.9 Å². The molecule has 0 aliphatic heterocycles. The maximum atomic E-state index is 11.8. The molecule has 0 atom stereocenters. The first kappa shape index (κ1) is 5.18. The van der Waals surface area contributed by atoms with Gasteiger partial charge in [0, 0.05) is 5.38 Å². The lowest BCUT2D eigenvalue weighted by molar-refractivity contribution is 0.590. The van der Waals surface area contributed by atoms with Crippen molar-refractivity contribution in [2.45, 2.75) is 0 Å². The van der Waals surface area contributed by atoms with Gasteiger partial charge in [0.15, 0.2) is 3.92 Å². The zero-order chi connectivity index (χ0) is 5.28. The molecule has 7 heavy (non-hydrogen) atoms. The zero-order valence-electron chi connectivity index (χ0n) is 3.19. The van der Waals surface area contributed by atoms with Crippen molar-refractivity contribution >= 4 is 27.3 Å². The fourth-order valence-corrected chi connectivity index (χ4v) is 1.07. The van der Waals surface area contributed by atoms with E-state index < -0.39 is 5.95 Å². The molecule has 0 radical (unpaired) electrons. The minimum atomic E-state index is -0.420. The molecule has 0 N–H and O–H groups in total. The van der Waals surface area contributed by atoms with E-state index in [-0.39, 0.29) is 0 Å². The highest BCUT2D eigenvalue weighted by Gasteiger charge is 1.92. The van der Waals surface area contributed by atoms with Crippen molar-refractivity contribution in [3.63, 3.8) is 0 Å². The first-order chi connectivity index (χ1) is 3.29. The Morgan fingerprint density at radius 3 is 2.71 bits per heavy atom. The van der Waals surface area contributed by atoms with Gasteiger partial charge < -0.3 is 0 Å². The van der Waals surface area contributed by atoms with Crippen molar-refractivity contribution in [3.05, 3.63) is 15.2 Å². The molecule has 0 bridgehead atoms. The number of nitrogens with zero attached hydrogens (tertiary/aromatic N) is 1. The number of thiazole rings is 1. The van der Waals surface area contributed by atoms with Crippen molar-refractivity contribution in [1.29, 1.82) is 0 Å². The van der Waals surface area contributed by atoms with Gasteiger partial charge >= 0.3 is 0 Å². The third-order valence-corrected chi connectivity index (χ3v) is 1.78. The van der Waals surface area contributed by atoms with Gasteiger partial charge in [-0.25, -0.2) is 4.98 Å². The molecule has 0 fully saturated rings. The molecule has 0 amide bonds. The van der Waals surface area contributed by atoms with Crippen LogP contribution in [0, 0.1) is 5.95 Å². The molecular weight excluding hydrogens is 181 g/mol. The average molecular weight is 182 g/mol. The number of rotatable bonds is 0. The van der Waals surface area contributed by atoms with Gasteiger partial charge in [0.25, 0.3) is 0 Å². The van der Waals surface area contributed by atoms with Crippen LogP contribution in [0.2, 0.25) is 0 Å². The lowest BCUT2D eigenvalue weighted by Gasteiger charge is -1.65. The summed E-state index contributed by atoms with van der Waals surface area (Å²) in [6.45, 7) is 0. The van der Waals surface area contributed by atoms with Crippen molar-refractivity contribution in [1.82, 2.24) is 4.98 Å². The molecule has 0 saturated heterocycles. The third kappa shape index (κ3) is 1.21. The van der Waals surface area contributed by atoms with E-state index in [4.69, 9.17) is 0 Å². The molecule has 0 aliphatic rings. The Kier molecular flexibility index (Phi) is 1.39. The molecule has 38 valence electrons. The maximum absolute atomic E-state index is 11.8. The van der Waals surface area contributed by atoms with E-state index in [0.717, 1.165) is 0 Å². The van der Waals surface area contributed by atoms with Crippen LogP contribution in [0.15, 0.2) is 9.30 Å². The summed E-state index contributed by atoms with van der Waals surface area (Å²) in [5, 5.41) is 1.34. The third-order valence-electron chi connectivity index (χ3n) is 0.448. The lowest BCUT2D eigenvalue weighted by Crippen LogP contribution is -1.64. The zero-order valence-corrected chi connectivity index (χ0v) is 5.59. The van der Waals surface area contributed by atoms with Crippen molar-refractivity contribution in [2.75, 3.05) is 0 Å². The van der Waals surface area contributed by atoms with Crippen LogP contribution in [0.1, 0.15) is 0 Å². The van der Waals surface area contributed by atoms with Gasteiger partial charge in [-0.1, -0.05) is 0 Å². The molecule has 1 nitrogen and oxygen atoms in total. The smallest absolute Gasteiger partial charge is 0.201 e. The predicted molar refractivity (Wildman–Crippen MR) is 29.8 cm³/mol. The Labute approximate surface area is 52.3 Å². The summed E-state index contributed by atoms with van der Waals surface area (Å²) in [6.07, 6.45) is 0. The minimum absolute atomic E-state index is 0.420. The van der Waals surface area contributed by atoms with Gasteiger partial charge in [-0.3, -0.25) is 0 Å². The quantitative estimate of drug-likeness (QED) is 0.598. The standard InChI is InChI=1S/C3HBrFNS/c4-3-6-2(5)1-7-3/h1H. The summed E-state index contributed by atoms with van der Waals surface area (Å²) < 4.78 is 12.4. The molecule has 0 saturated carbocycles. The van der Waals surface area contributed by atoms with Crippen molar-refractivity contribution in [3.8, 4) is 0 Å². The Bertz CT molecular complexity index is 147. The monoisotopic (exact) mass is 181 g/mol. The average Bonchev–Trinajstić information content (AvgIpc) is 1.87. The molecular formula is C3HBrFNS. The molecule has 0 aliphatic carbocycles. The normalized spacial score (nSPS) is 9.43. The first-order valence-corrected chi connectivity index (χ1v) is 3.23. The molecule has 1 aromatic rings. The number of halogens is 2. The first-order valence-electron chi connectivity index (χ1n) is 1.55. The number of aromatic nitrogens is 1. The van der Waals surface area contributed by atoms with Gasteiger partial charge in [0.2, 0.25) is 5.95 Å². The number of hydrogen-bond acceptors (Lipinski definition) is 2. The number of hydrogen-bond donors (Lipinski definition) is 0. The lowest BCUT2D eigenvalue weighted by atomic mass is 11.0. The van der Waals surface area contributed by atoms with E-state index >= 15 is 0 Å². The Morgan fingerprint density at radius 2 is 2.57 bits per heavy atom. The molecule has 4 heteroatoms. The molecule has 1 rings (SSSR count). The second kappa shape index (κ2) is 1.88. The van der Waals surface area contributed by atoms with Gasteiger partial charge in [0.05, 0.1) is 0 Å². The van der Waals surface area contributed by atoms with Gasteiger partial charge in [0.1, 0.15) is 0 Å². The van der Waals surface area contributed by atoms with Crippen LogP contribution in [-0.4, -0.2) is 4.98 Å². The summed E-state index contributed by atoms with van der Waals surface area (Å²) in [5.41, 5.74) is 0. The van der Waals surface area contributed by atoms with Crippen molar-refractivity contribution in [2.24, 2.45) is 0 Å². The highest BCUT2D eigenvalue weighted by Crippen LogP contribution is 2.13. The second-order valence-corrected chi connectivity index (χ2v) is 3.06. The molecule has 0 spiro atoms. The summed E-state index contributed by atoms with van der Waals surface area (Å²) >= 11 is 4.23. The SMILES string of the molecule is Fc1csc(Br)n1. The van der Waals surface area contributed by atoms with E-state index in [1.54, 1.807) is 0 Å². The summed E-state index contributed by atoms with van der Waals surface area (Å²) in [7, 11) is 0. The van der Waals surface area contributed by atoms with Gasteiger partial charge in [-0.15, -0.1) is 11.3 Å². The van der Waals surface area contributed by atoms with E-state index in [1.165, 1.54) is 16.7 Å². The van der Waals surface area contributed by atoms with Gasteiger partial charge in [-0.05, 0) is 15.9 Å². The van der Waals surface area contributed by atoms with Crippen LogP contribution >= 0.6 is 27.3 Å². The predicted octanol–water partition coefficient (Wildman–Crippen LogP) is 2.04. The summed E-state index contributed by atoms with van der Waals surface area (Å²) in [4.78, 5) is 3.38. The highest BCUT2D eigenvalue weighted by molar-refractivity contribution is 9.11. The van der Waals surface area contributed by atoms with Crippen LogP contribution in [-0.2, 0) is 0 Å². The fraction of sp³-hybridized carbons (Fsp3) is 0. The Morgan fingerprint density at radius 1 is 1.86 bits per heavy atom. The van der Waals surface area contributed by atoms with E-state index in [9.17, 15) is 4.39 Å². The Balaban J connectivity index is 3.04. The van der Waals surface area contributed by atoms with E-state index in [2.05, 4.69) is 20.9 Å². The summed E-state index contributed by atoms with van der Waals surface area (Å²) in [6, 6.07) is 0. The van der Waals surface area contributed by atoms with Crippen LogP contribution in [0.4, 0.5) is 4.39 Å². The highest BCUT2D eigenvalue weighted by atomic mass is 79.9.